The van der Waals surface area contributed by atoms with Gasteiger partial charge in [0.2, 0.25) is 0 Å². The molecule has 0 aromatic rings. The second kappa shape index (κ2) is 7.40. The Labute approximate surface area is 89.2 Å². The molecular formula is C10H25NO2Si. The second-order valence-electron chi connectivity index (χ2n) is 3.72. The van der Waals surface area contributed by atoms with Gasteiger partial charge in [-0.25, -0.2) is 0 Å². The van der Waals surface area contributed by atoms with Gasteiger partial charge in [-0.15, -0.1) is 0 Å². The van der Waals surface area contributed by atoms with Gasteiger partial charge >= 0.3 is 8.56 Å². The molecule has 0 bridgehead atoms. The van der Waals surface area contributed by atoms with Crippen LogP contribution in [0.2, 0.25) is 11.6 Å². The molecular weight excluding hydrogens is 194 g/mol. The van der Waals surface area contributed by atoms with Crippen molar-refractivity contribution in [2.75, 3.05) is 19.8 Å². The first-order chi connectivity index (χ1) is 6.63. The zero-order chi connectivity index (χ0) is 11.0. The Balaban J connectivity index is 4.38. The summed E-state index contributed by atoms with van der Waals surface area (Å²) in [6.07, 6.45) is 1.00. The molecule has 0 fully saturated rings. The van der Waals surface area contributed by atoms with Crippen LogP contribution in [-0.4, -0.2) is 28.3 Å². The van der Waals surface area contributed by atoms with Crippen molar-refractivity contribution in [1.82, 2.24) is 0 Å². The third-order valence-electron chi connectivity index (χ3n) is 2.39. The molecule has 0 atom stereocenters. The Morgan fingerprint density at radius 2 is 1.64 bits per heavy atom. The van der Waals surface area contributed by atoms with Crippen LogP contribution in [0.1, 0.15) is 34.1 Å². The smallest absolute Gasteiger partial charge is 0.340 e. The molecule has 0 spiro atoms. The maximum absolute atomic E-state index is 5.89. The van der Waals surface area contributed by atoms with E-state index in [1.807, 2.05) is 13.8 Å². The highest BCUT2D eigenvalue weighted by Gasteiger charge is 2.39. The molecule has 0 rings (SSSR count). The monoisotopic (exact) mass is 219 g/mol. The molecule has 0 aliphatic heterocycles. The fourth-order valence-corrected chi connectivity index (χ4v) is 4.94. The van der Waals surface area contributed by atoms with Crippen molar-refractivity contribution in [1.29, 1.82) is 0 Å². The van der Waals surface area contributed by atoms with E-state index in [0.29, 0.717) is 5.54 Å². The molecule has 0 heterocycles. The topological polar surface area (TPSA) is 44.5 Å². The van der Waals surface area contributed by atoms with Gasteiger partial charge in [0.15, 0.2) is 0 Å². The summed E-state index contributed by atoms with van der Waals surface area (Å²) in [5, 5.41) is 0. The Hall–Kier alpha value is 0.0969. The molecule has 2 N–H and O–H groups in total. The van der Waals surface area contributed by atoms with E-state index >= 15 is 0 Å². The van der Waals surface area contributed by atoms with Gasteiger partial charge in [0.25, 0.3) is 0 Å². The van der Waals surface area contributed by atoms with Gasteiger partial charge < -0.3 is 14.6 Å². The minimum atomic E-state index is -1.97. The van der Waals surface area contributed by atoms with Crippen LogP contribution in [0, 0.1) is 0 Å². The van der Waals surface area contributed by atoms with Gasteiger partial charge in [-0.1, -0.05) is 13.8 Å². The lowest BCUT2D eigenvalue weighted by atomic mass is 10.5. The molecule has 0 unspecified atom stereocenters. The Morgan fingerprint density at radius 3 is 1.93 bits per heavy atom. The first-order valence-corrected chi connectivity index (χ1v) is 7.71. The van der Waals surface area contributed by atoms with E-state index in [9.17, 15) is 0 Å². The highest BCUT2D eigenvalue weighted by Crippen LogP contribution is 2.28. The lowest BCUT2D eigenvalue weighted by molar-refractivity contribution is 0.174. The van der Waals surface area contributed by atoms with Gasteiger partial charge in [0.05, 0.1) is 0 Å². The van der Waals surface area contributed by atoms with Crippen LogP contribution in [-0.2, 0) is 8.85 Å². The first-order valence-electron chi connectivity index (χ1n) is 5.60. The standard InChI is InChI=1S/C10H25NO2Si/c1-5-12-14(10(3)4,13-6-2)9-7-8-11/h10H,5-9,11H2,1-4H3. The Bertz CT molecular complexity index is 136. The quantitative estimate of drug-likeness (QED) is 0.637. The van der Waals surface area contributed by atoms with Crippen LogP contribution in [0.5, 0.6) is 0 Å². The van der Waals surface area contributed by atoms with Crippen LogP contribution in [0.3, 0.4) is 0 Å². The number of hydrogen-bond donors (Lipinski definition) is 1. The molecule has 0 aromatic heterocycles. The van der Waals surface area contributed by atoms with Crippen LogP contribution < -0.4 is 5.73 Å². The van der Waals surface area contributed by atoms with Crippen LogP contribution >= 0.6 is 0 Å². The maximum atomic E-state index is 5.89. The maximum Gasteiger partial charge on any atom is 0.340 e. The van der Waals surface area contributed by atoms with Crippen molar-refractivity contribution in [2.24, 2.45) is 5.73 Å². The second-order valence-corrected chi connectivity index (χ2v) is 7.58. The third kappa shape index (κ3) is 4.08. The summed E-state index contributed by atoms with van der Waals surface area (Å²) in [7, 11) is -1.97. The molecule has 86 valence electrons. The van der Waals surface area contributed by atoms with E-state index in [1.165, 1.54) is 0 Å². The van der Waals surface area contributed by atoms with Gasteiger partial charge in [0.1, 0.15) is 0 Å². The van der Waals surface area contributed by atoms with Crippen LogP contribution in [0.15, 0.2) is 0 Å². The van der Waals surface area contributed by atoms with Crippen LogP contribution in [0.25, 0.3) is 0 Å². The Morgan fingerprint density at radius 1 is 1.14 bits per heavy atom. The summed E-state index contributed by atoms with van der Waals surface area (Å²) < 4.78 is 11.8. The average molecular weight is 219 g/mol. The zero-order valence-electron chi connectivity index (χ0n) is 10.0. The largest absolute Gasteiger partial charge is 0.394 e. The van der Waals surface area contributed by atoms with Gasteiger partial charge in [-0.2, -0.15) is 0 Å². The molecule has 0 radical (unpaired) electrons. The molecule has 4 heteroatoms. The predicted molar refractivity (Wildman–Crippen MR) is 62.6 cm³/mol. The number of rotatable bonds is 8. The van der Waals surface area contributed by atoms with Crippen molar-refractivity contribution >= 4 is 8.56 Å². The summed E-state index contributed by atoms with van der Waals surface area (Å²) in [4.78, 5) is 0. The van der Waals surface area contributed by atoms with Crippen molar-refractivity contribution in [2.45, 2.75) is 45.7 Å². The molecule has 0 saturated heterocycles. The summed E-state index contributed by atoms with van der Waals surface area (Å²) in [5.74, 6) is 0. The summed E-state index contributed by atoms with van der Waals surface area (Å²) in [6.45, 7) is 10.7. The van der Waals surface area contributed by atoms with E-state index in [-0.39, 0.29) is 0 Å². The average Bonchev–Trinajstić information content (AvgIpc) is 2.14. The van der Waals surface area contributed by atoms with Crippen molar-refractivity contribution in [3.63, 3.8) is 0 Å². The summed E-state index contributed by atoms with van der Waals surface area (Å²) >= 11 is 0. The van der Waals surface area contributed by atoms with E-state index in [4.69, 9.17) is 14.6 Å². The van der Waals surface area contributed by atoms with E-state index < -0.39 is 8.56 Å². The molecule has 14 heavy (non-hydrogen) atoms. The molecule has 0 amide bonds. The van der Waals surface area contributed by atoms with E-state index in [1.54, 1.807) is 0 Å². The minimum absolute atomic E-state index is 0.494. The minimum Gasteiger partial charge on any atom is -0.394 e. The molecule has 0 saturated carbocycles. The summed E-state index contributed by atoms with van der Waals surface area (Å²) in [5.41, 5.74) is 6.03. The molecule has 3 nitrogen and oxygen atoms in total. The van der Waals surface area contributed by atoms with E-state index in [0.717, 1.165) is 32.2 Å². The van der Waals surface area contributed by atoms with Gasteiger partial charge in [0, 0.05) is 13.2 Å². The first kappa shape index (κ1) is 14.1. The normalized spacial score (nSPS) is 12.4. The van der Waals surface area contributed by atoms with E-state index in [2.05, 4.69) is 13.8 Å². The number of hydrogen-bond acceptors (Lipinski definition) is 3. The van der Waals surface area contributed by atoms with Crippen molar-refractivity contribution in [3.05, 3.63) is 0 Å². The lowest BCUT2D eigenvalue weighted by Crippen LogP contribution is -2.45. The lowest BCUT2D eigenvalue weighted by Gasteiger charge is -2.33. The van der Waals surface area contributed by atoms with Crippen molar-refractivity contribution in [3.8, 4) is 0 Å². The Kier molecular flexibility index (Phi) is 7.45. The SMILES string of the molecule is CCO[Si](CCCN)(OCC)C(C)C. The summed E-state index contributed by atoms with van der Waals surface area (Å²) in [6, 6.07) is 1.02. The van der Waals surface area contributed by atoms with Crippen molar-refractivity contribution < 1.29 is 8.85 Å². The van der Waals surface area contributed by atoms with Gasteiger partial charge in [-0.3, -0.25) is 0 Å². The fraction of sp³-hybridized carbons (Fsp3) is 1.00. The molecule has 0 aliphatic carbocycles. The number of nitrogens with two attached hydrogens (primary N) is 1. The fourth-order valence-electron chi connectivity index (χ4n) is 1.65. The zero-order valence-corrected chi connectivity index (χ0v) is 11.0. The van der Waals surface area contributed by atoms with Gasteiger partial charge in [-0.05, 0) is 38.4 Å². The highest BCUT2D eigenvalue weighted by atomic mass is 28.4. The predicted octanol–water partition coefficient (Wildman–Crippen LogP) is 2.26. The molecule has 0 aliphatic rings. The third-order valence-corrected chi connectivity index (χ3v) is 6.75. The van der Waals surface area contributed by atoms with Crippen LogP contribution in [0.4, 0.5) is 0 Å². The molecule has 0 aromatic carbocycles. The highest BCUT2D eigenvalue weighted by molar-refractivity contribution is 6.68.